The van der Waals surface area contributed by atoms with Gasteiger partial charge in [-0.2, -0.15) is 9.46 Å². The Morgan fingerprint density at radius 1 is 1.31 bits per heavy atom. The second-order valence-corrected chi connectivity index (χ2v) is 9.62. The Morgan fingerprint density at radius 3 is 2.59 bits per heavy atom. The summed E-state index contributed by atoms with van der Waals surface area (Å²) in [5.74, 6) is -0.641. The maximum absolute atomic E-state index is 13.1. The fraction of sp³-hybridized carbons (Fsp3) is 0.389. The number of carbonyl (C=O) groups excluding carboxylic acids is 2. The highest BCUT2D eigenvalue weighted by atomic mass is 35.5. The Morgan fingerprint density at radius 2 is 2.00 bits per heavy atom. The first kappa shape index (κ1) is 21.1. The predicted octanol–water partition coefficient (Wildman–Crippen LogP) is 2.16. The van der Waals surface area contributed by atoms with Crippen molar-refractivity contribution in [3.63, 3.8) is 0 Å². The zero-order chi connectivity index (χ0) is 21.2. The smallest absolute Gasteiger partial charge is 0.255 e. The summed E-state index contributed by atoms with van der Waals surface area (Å²) in [4.78, 5) is 24.0. The maximum atomic E-state index is 13.1. The van der Waals surface area contributed by atoms with E-state index >= 15 is 0 Å². The molecular weight excluding hydrogens is 420 g/mol. The zero-order valence-corrected chi connectivity index (χ0v) is 17.3. The molecule has 2 heterocycles. The number of nitrogens with two attached hydrogens (primary N) is 1. The van der Waals surface area contributed by atoms with Crippen LogP contribution in [0.5, 0.6) is 11.6 Å². The van der Waals surface area contributed by atoms with Crippen molar-refractivity contribution < 1.29 is 23.6 Å². The molecule has 3 N–H and O–H groups in total. The number of aromatic hydroxyl groups is 1. The highest BCUT2D eigenvalue weighted by molar-refractivity contribution is 7.93. The third-order valence-electron chi connectivity index (χ3n) is 4.53. The van der Waals surface area contributed by atoms with Crippen LogP contribution in [-0.2, 0) is 21.6 Å². The van der Waals surface area contributed by atoms with Crippen molar-refractivity contribution >= 4 is 38.7 Å². The highest BCUT2D eigenvalue weighted by Gasteiger charge is 2.25. The van der Waals surface area contributed by atoms with E-state index in [1.807, 2.05) is 0 Å². The quantitative estimate of drug-likeness (QED) is 0.660. The van der Waals surface area contributed by atoms with Crippen molar-refractivity contribution in [1.29, 1.82) is 0 Å². The summed E-state index contributed by atoms with van der Waals surface area (Å²) in [6, 6.07) is 2.81. The lowest BCUT2D eigenvalue weighted by Crippen LogP contribution is -2.20. The summed E-state index contributed by atoms with van der Waals surface area (Å²) in [5, 5.41) is 13.8. The summed E-state index contributed by atoms with van der Waals surface area (Å²) in [5.41, 5.74) is 5.18. The Bertz CT molecular complexity index is 1080. The number of rotatable bonds is 6. The molecule has 1 fully saturated rings. The largest absolute Gasteiger partial charge is 0.493 e. The molecule has 0 saturated carbocycles. The van der Waals surface area contributed by atoms with Crippen molar-refractivity contribution in [3.05, 3.63) is 34.5 Å². The average molecular weight is 441 g/mol. The van der Waals surface area contributed by atoms with E-state index in [4.69, 9.17) is 22.1 Å². The summed E-state index contributed by atoms with van der Waals surface area (Å²) < 4.78 is 24.0. The van der Waals surface area contributed by atoms with Gasteiger partial charge in [-0.05, 0) is 25.0 Å². The number of hydrogen-bond acceptors (Lipinski definition) is 7. The molecule has 1 aromatic carbocycles. The van der Waals surface area contributed by atoms with Crippen LogP contribution >= 0.6 is 11.6 Å². The molecule has 1 aliphatic rings. The van der Waals surface area contributed by atoms with Crippen LogP contribution < -0.4 is 10.5 Å². The molecule has 1 aliphatic heterocycles. The van der Waals surface area contributed by atoms with Crippen LogP contribution in [0, 0.1) is 0 Å². The van der Waals surface area contributed by atoms with Crippen LogP contribution in [0.25, 0.3) is 0 Å². The summed E-state index contributed by atoms with van der Waals surface area (Å²) >= 11 is 6.47. The highest BCUT2D eigenvalue weighted by Crippen LogP contribution is 2.40. The number of ether oxygens (including phenoxy) is 1. The molecule has 1 amide bonds. The summed E-state index contributed by atoms with van der Waals surface area (Å²) in [6.45, 7) is -0.420. The lowest BCUT2D eigenvalue weighted by atomic mass is 10.0. The van der Waals surface area contributed by atoms with E-state index in [2.05, 4.69) is 9.46 Å². The minimum Gasteiger partial charge on any atom is -0.493 e. The topological polar surface area (TPSA) is 137 Å². The molecule has 11 heteroatoms. The molecule has 156 valence electrons. The second-order valence-electron chi connectivity index (χ2n) is 6.70. The Labute approximate surface area is 173 Å². The van der Waals surface area contributed by atoms with Crippen molar-refractivity contribution in [2.75, 3.05) is 18.1 Å². The fourth-order valence-electron chi connectivity index (χ4n) is 3.00. The minimum atomic E-state index is -2.57. The van der Waals surface area contributed by atoms with Crippen molar-refractivity contribution in [3.8, 4) is 11.6 Å². The van der Waals surface area contributed by atoms with Crippen molar-refractivity contribution in [2.24, 2.45) is 17.1 Å². The van der Waals surface area contributed by atoms with Gasteiger partial charge in [0.15, 0.2) is 6.61 Å². The molecule has 0 spiro atoms. The van der Waals surface area contributed by atoms with Crippen LogP contribution in [0.1, 0.15) is 35.2 Å². The second kappa shape index (κ2) is 8.42. The average Bonchev–Trinajstić information content (AvgIpc) is 3.01. The number of carbonyl (C=O) groups is 2. The monoisotopic (exact) mass is 440 g/mol. The molecule has 1 aromatic heterocycles. The molecule has 0 aliphatic carbocycles. The van der Waals surface area contributed by atoms with Crippen LogP contribution in [0.4, 0.5) is 5.69 Å². The zero-order valence-electron chi connectivity index (χ0n) is 15.8. The van der Waals surface area contributed by atoms with Gasteiger partial charge >= 0.3 is 0 Å². The minimum absolute atomic E-state index is 0.0343. The van der Waals surface area contributed by atoms with Gasteiger partial charge in [0.2, 0.25) is 11.7 Å². The molecule has 3 rings (SSSR count). The van der Waals surface area contributed by atoms with Gasteiger partial charge in [0.25, 0.3) is 5.91 Å². The Kier molecular flexibility index (Phi) is 6.13. The van der Waals surface area contributed by atoms with Gasteiger partial charge in [-0.1, -0.05) is 18.0 Å². The number of nitrogens with zero attached hydrogens (tertiary/aromatic N) is 3. The number of primary amides is 1. The van der Waals surface area contributed by atoms with E-state index < -0.39 is 28.0 Å². The van der Waals surface area contributed by atoms with Gasteiger partial charge in [0.05, 0.1) is 20.9 Å². The standard InChI is InChI=1S/C18H21ClN4O5S/c1-23-18(26)12(9-21-23)17(25)11-5-6-13(28-10-14(20)24)16(15(11)19)22-29(27)7-3-2-4-8-29/h5-6,9,26H,2-4,7-8,10H2,1H3,(H2,20,24). The van der Waals surface area contributed by atoms with E-state index in [0.717, 1.165) is 23.9 Å². The van der Waals surface area contributed by atoms with Crippen LogP contribution in [-0.4, -0.2) is 48.9 Å². The Hall–Kier alpha value is -2.59. The first-order chi connectivity index (χ1) is 13.7. The Balaban J connectivity index is 2.12. The molecule has 9 nitrogen and oxygen atoms in total. The number of ketones is 1. The molecule has 0 bridgehead atoms. The van der Waals surface area contributed by atoms with E-state index in [1.165, 1.54) is 25.4 Å². The third kappa shape index (κ3) is 4.54. The number of halogens is 1. The van der Waals surface area contributed by atoms with Gasteiger partial charge in [-0.15, -0.1) is 0 Å². The van der Waals surface area contributed by atoms with Crippen LogP contribution in [0.15, 0.2) is 22.7 Å². The molecule has 0 radical (unpaired) electrons. The lowest BCUT2D eigenvalue weighted by molar-refractivity contribution is -0.119. The first-order valence-corrected chi connectivity index (χ1v) is 11.2. The number of amides is 1. The van der Waals surface area contributed by atoms with Crippen LogP contribution in [0.3, 0.4) is 0 Å². The number of aryl methyl sites for hydroxylation is 1. The first-order valence-electron chi connectivity index (χ1n) is 8.93. The number of hydrogen-bond donors (Lipinski definition) is 2. The van der Waals surface area contributed by atoms with Crippen molar-refractivity contribution in [2.45, 2.75) is 19.3 Å². The molecule has 29 heavy (non-hydrogen) atoms. The van der Waals surface area contributed by atoms with E-state index in [-0.39, 0.29) is 33.5 Å². The van der Waals surface area contributed by atoms with E-state index in [9.17, 15) is 18.9 Å². The normalized spacial score (nSPS) is 15.7. The predicted molar refractivity (Wildman–Crippen MR) is 108 cm³/mol. The van der Waals surface area contributed by atoms with Gasteiger partial charge in [-0.25, -0.2) is 8.89 Å². The molecule has 1 saturated heterocycles. The molecule has 0 atom stereocenters. The van der Waals surface area contributed by atoms with Gasteiger partial charge < -0.3 is 15.6 Å². The van der Waals surface area contributed by atoms with Gasteiger partial charge in [-0.3, -0.25) is 9.59 Å². The van der Waals surface area contributed by atoms with Gasteiger partial charge in [0.1, 0.15) is 17.0 Å². The number of benzene rings is 1. The SMILES string of the molecule is Cn1ncc(C(=O)c2ccc(OCC(N)=O)c(N=S3(=O)CCCCC3)c2Cl)c1O. The lowest BCUT2D eigenvalue weighted by Gasteiger charge is -2.17. The molecule has 2 aromatic rings. The maximum Gasteiger partial charge on any atom is 0.255 e. The van der Waals surface area contributed by atoms with Crippen LogP contribution in [0.2, 0.25) is 5.02 Å². The van der Waals surface area contributed by atoms with E-state index in [0.29, 0.717) is 11.5 Å². The van der Waals surface area contributed by atoms with Crippen molar-refractivity contribution in [1.82, 2.24) is 9.78 Å². The number of aromatic nitrogens is 2. The van der Waals surface area contributed by atoms with E-state index in [1.54, 1.807) is 0 Å². The summed E-state index contributed by atoms with van der Waals surface area (Å²) in [7, 11) is -1.08. The third-order valence-corrected chi connectivity index (χ3v) is 7.28. The fourth-order valence-corrected chi connectivity index (χ4v) is 5.55. The van der Waals surface area contributed by atoms with Gasteiger partial charge in [0, 0.05) is 24.1 Å². The molecule has 0 unspecified atom stereocenters. The summed E-state index contributed by atoms with van der Waals surface area (Å²) in [6.07, 6.45) is 3.76. The molecular formula is C18H21ClN4O5S.